The zero-order chi connectivity index (χ0) is 20.5. The SMILES string of the molecule is COP(=O)(/N=C1/Cc2ccc(O)cc2C(C)N1Cc1ccc([N+](=O)[O-])o1)OC. The quantitative estimate of drug-likeness (QED) is 0.433. The van der Waals surface area contributed by atoms with Crippen molar-refractivity contribution < 1.29 is 28.1 Å². The summed E-state index contributed by atoms with van der Waals surface area (Å²) in [4.78, 5) is 12.0. The van der Waals surface area contributed by atoms with Crippen LogP contribution in [0.5, 0.6) is 5.75 Å². The number of nitro groups is 1. The topological polar surface area (TPSA) is 128 Å². The van der Waals surface area contributed by atoms with Gasteiger partial charge in [-0.2, -0.15) is 4.76 Å². The fraction of sp³-hybridized carbons (Fsp3) is 0.353. The second kappa shape index (κ2) is 7.75. The Balaban J connectivity index is 2.03. The van der Waals surface area contributed by atoms with Crippen LogP contribution < -0.4 is 0 Å². The predicted molar refractivity (Wildman–Crippen MR) is 100 cm³/mol. The fourth-order valence-corrected chi connectivity index (χ4v) is 3.91. The van der Waals surface area contributed by atoms with Gasteiger partial charge in [-0.15, -0.1) is 0 Å². The van der Waals surface area contributed by atoms with E-state index >= 15 is 0 Å². The molecule has 1 aromatic carbocycles. The third kappa shape index (κ3) is 3.94. The van der Waals surface area contributed by atoms with Crippen LogP contribution in [0.2, 0.25) is 0 Å². The third-order valence-electron chi connectivity index (χ3n) is 4.58. The van der Waals surface area contributed by atoms with Crippen LogP contribution >= 0.6 is 7.75 Å². The number of fused-ring (bicyclic) bond motifs is 1. The van der Waals surface area contributed by atoms with Gasteiger partial charge in [-0.05, 0) is 36.2 Å². The largest absolute Gasteiger partial charge is 0.508 e. The molecule has 0 saturated heterocycles. The molecule has 3 rings (SSSR count). The van der Waals surface area contributed by atoms with Crippen LogP contribution in [-0.4, -0.2) is 35.0 Å². The minimum Gasteiger partial charge on any atom is -0.508 e. The molecule has 0 bridgehead atoms. The van der Waals surface area contributed by atoms with Crippen molar-refractivity contribution in [3.05, 3.63) is 57.3 Å². The zero-order valence-electron chi connectivity index (χ0n) is 15.6. The van der Waals surface area contributed by atoms with Crippen LogP contribution in [-0.2, 0) is 26.6 Å². The summed E-state index contributed by atoms with van der Waals surface area (Å²) in [5.41, 5.74) is 1.77. The monoisotopic (exact) mass is 409 g/mol. The molecule has 0 spiro atoms. The molecule has 1 aromatic heterocycles. The van der Waals surface area contributed by atoms with Gasteiger partial charge in [0.1, 0.15) is 22.3 Å². The van der Waals surface area contributed by atoms with Crippen molar-refractivity contribution >= 4 is 19.5 Å². The summed E-state index contributed by atoms with van der Waals surface area (Å²) in [5, 5.41) is 20.7. The molecule has 11 heteroatoms. The second-order valence-corrected chi connectivity index (χ2v) is 8.08. The number of amidine groups is 1. The van der Waals surface area contributed by atoms with E-state index < -0.39 is 12.7 Å². The van der Waals surface area contributed by atoms with E-state index in [0.717, 1.165) is 11.1 Å². The smallest absolute Gasteiger partial charge is 0.454 e. The van der Waals surface area contributed by atoms with Gasteiger partial charge in [-0.3, -0.25) is 19.2 Å². The lowest BCUT2D eigenvalue weighted by atomic mass is 9.92. The number of phenols is 1. The van der Waals surface area contributed by atoms with E-state index in [2.05, 4.69) is 4.76 Å². The average Bonchev–Trinajstić information content (AvgIpc) is 3.14. The van der Waals surface area contributed by atoms with E-state index in [1.807, 2.05) is 6.92 Å². The van der Waals surface area contributed by atoms with Gasteiger partial charge >= 0.3 is 13.6 Å². The van der Waals surface area contributed by atoms with Crippen molar-refractivity contribution in [3.63, 3.8) is 0 Å². The Morgan fingerprint density at radius 2 is 2.07 bits per heavy atom. The van der Waals surface area contributed by atoms with E-state index in [1.54, 1.807) is 23.1 Å². The van der Waals surface area contributed by atoms with Crippen LogP contribution in [0.4, 0.5) is 5.88 Å². The van der Waals surface area contributed by atoms with Gasteiger partial charge in [-0.1, -0.05) is 6.07 Å². The minimum absolute atomic E-state index is 0.124. The summed E-state index contributed by atoms with van der Waals surface area (Å²) in [6.07, 6.45) is 0.319. The molecule has 28 heavy (non-hydrogen) atoms. The van der Waals surface area contributed by atoms with Crippen LogP contribution in [0, 0.1) is 10.1 Å². The van der Waals surface area contributed by atoms with Gasteiger partial charge < -0.3 is 14.4 Å². The average molecular weight is 409 g/mol. The Labute approximate surface area is 161 Å². The third-order valence-corrected chi connectivity index (χ3v) is 5.98. The Kier molecular flexibility index (Phi) is 5.55. The molecule has 0 fully saturated rings. The maximum absolute atomic E-state index is 12.6. The summed E-state index contributed by atoms with van der Waals surface area (Å²) in [7, 11) is -1.21. The highest BCUT2D eigenvalue weighted by Gasteiger charge is 2.32. The lowest BCUT2D eigenvalue weighted by Gasteiger charge is -2.37. The van der Waals surface area contributed by atoms with Gasteiger partial charge in [0.05, 0.1) is 18.7 Å². The molecule has 0 saturated carbocycles. The van der Waals surface area contributed by atoms with Crippen LogP contribution in [0.1, 0.15) is 29.9 Å². The van der Waals surface area contributed by atoms with Gasteiger partial charge in [0.15, 0.2) is 0 Å². The van der Waals surface area contributed by atoms with Crippen LogP contribution in [0.3, 0.4) is 0 Å². The Morgan fingerprint density at radius 3 is 2.68 bits per heavy atom. The molecule has 1 atom stereocenters. The predicted octanol–water partition coefficient (Wildman–Crippen LogP) is 3.81. The van der Waals surface area contributed by atoms with Crippen molar-refractivity contribution in [1.82, 2.24) is 4.90 Å². The van der Waals surface area contributed by atoms with E-state index in [4.69, 9.17) is 13.5 Å². The molecule has 0 radical (unpaired) electrons. The van der Waals surface area contributed by atoms with Crippen molar-refractivity contribution in [2.45, 2.75) is 25.9 Å². The van der Waals surface area contributed by atoms with E-state index in [-0.39, 0.29) is 24.2 Å². The van der Waals surface area contributed by atoms with Gasteiger partial charge in [0.2, 0.25) is 0 Å². The van der Waals surface area contributed by atoms with Gasteiger partial charge in [-0.25, -0.2) is 4.57 Å². The Morgan fingerprint density at radius 1 is 1.36 bits per heavy atom. The molecule has 1 aliphatic rings. The molecule has 0 amide bonds. The number of phenolic OH excluding ortho intramolecular Hbond substituents is 1. The van der Waals surface area contributed by atoms with Gasteiger partial charge in [0.25, 0.3) is 0 Å². The van der Waals surface area contributed by atoms with Crippen molar-refractivity contribution in [2.24, 2.45) is 4.76 Å². The Hall–Kier alpha value is -2.68. The molecule has 0 aliphatic carbocycles. The van der Waals surface area contributed by atoms with Crippen molar-refractivity contribution in [2.75, 3.05) is 14.2 Å². The highest BCUT2D eigenvalue weighted by molar-refractivity contribution is 7.52. The summed E-state index contributed by atoms with van der Waals surface area (Å²) in [5.74, 6) is 0.533. The number of rotatable bonds is 6. The summed E-state index contributed by atoms with van der Waals surface area (Å²) >= 11 is 0. The lowest BCUT2D eigenvalue weighted by Crippen LogP contribution is -2.38. The van der Waals surface area contributed by atoms with Crippen molar-refractivity contribution in [1.29, 1.82) is 0 Å². The molecule has 1 unspecified atom stereocenters. The first-order chi connectivity index (χ1) is 13.3. The Bertz CT molecular complexity index is 963. The number of furan rings is 1. The molecular formula is C17H20N3O7P. The number of aromatic hydroxyl groups is 1. The lowest BCUT2D eigenvalue weighted by molar-refractivity contribution is -0.402. The van der Waals surface area contributed by atoms with E-state index in [9.17, 15) is 19.8 Å². The normalized spacial score (nSPS) is 18.3. The molecule has 2 heterocycles. The fourth-order valence-electron chi connectivity index (χ4n) is 3.13. The molecular weight excluding hydrogens is 389 g/mol. The maximum Gasteiger partial charge on any atom is 0.454 e. The standard InChI is InChI=1S/C17H20N3O7P/c1-11-15-9-13(21)5-4-12(15)8-16(18-28(24,25-2)26-3)19(11)10-14-6-7-17(27-14)20(22)23/h4-7,9,11,21H,8,10H2,1-3H3/b18-16-. The van der Waals surface area contributed by atoms with Crippen LogP contribution in [0.25, 0.3) is 0 Å². The van der Waals surface area contributed by atoms with Crippen molar-refractivity contribution in [3.8, 4) is 5.75 Å². The van der Waals surface area contributed by atoms with E-state index in [0.29, 0.717) is 18.0 Å². The molecule has 10 nitrogen and oxygen atoms in total. The first-order valence-electron chi connectivity index (χ1n) is 8.38. The number of benzene rings is 1. The molecule has 2 aromatic rings. The second-order valence-electron chi connectivity index (χ2n) is 6.21. The number of nitrogens with zero attached hydrogens (tertiary/aromatic N) is 3. The highest BCUT2D eigenvalue weighted by Crippen LogP contribution is 2.49. The van der Waals surface area contributed by atoms with Crippen LogP contribution in [0.15, 0.2) is 39.5 Å². The molecule has 1 N–H and O–H groups in total. The summed E-state index contributed by atoms with van der Waals surface area (Å²) in [6, 6.07) is 7.50. The van der Waals surface area contributed by atoms with Gasteiger partial charge in [0, 0.05) is 20.6 Å². The minimum atomic E-state index is -3.69. The molecule has 1 aliphatic heterocycles. The summed E-state index contributed by atoms with van der Waals surface area (Å²) in [6.45, 7) is 2.03. The summed E-state index contributed by atoms with van der Waals surface area (Å²) < 4.78 is 31.9. The zero-order valence-corrected chi connectivity index (χ0v) is 16.5. The van der Waals surface area contributed by atoms with E-state index in [1.165, 1.54) is 26.4 Å². The maximum atomic E-state index is 12.6. The highest BCUT2D eigenvalue weighted by atomic mass is 31.2. The molecule has 150 valence electrons. The number of hydrogen-bond donors (Lipinski definition) is 1. The number of hydrogen-bond acceptors (Lipinski definition) is 7. The first kappa shape index (κ1) is 20.1. The first-order valence-corrected chi connectivity index (χ1v) is 9.88.